The van der Waals surface area contributed by atoms with Gasteiger partial charge in [0.15, 0.2) is 0 Å². The summed E-state index contributed by atoms with van der Waals surface area (Å²) in [5, 5.41) is 16.5. The molecule has 4 N–H and O–H groups in total. The highest BCUT2D eigenvalue weighted by molar-refractivity contribution is 5.85. The number of carbonyl (C=O) groups is 1. The first-order chi connectivity index (χ1) is 4.18. The summed E-state index contributed by atoms with van der Waals surface area (Å²) >= 11 is 0. The summed E-state index contributed by atoms with van der Waals surface area (Å²) in [6.45, 7) is 0.000972. The number of hydrogen-bond donors (Lipinski definition) is 3. The van der Waals surface area contributed by atoms with Crippen LogP contribution >= 0.6 is 12.4 Å². The molecule has 0 saturated carbocycles. The van der Waals surface area contributed by atoms with Crippen LogP contribution in [0.4, 0.5) is 0 Å². The Balaban J connectivity index is 0. The van der Waals surface area contributed by atoms with E-state index in [1.54, 1.807) is 0 Å². The minimum Gasteiger partial charge on any atom is -0.480 e. The molecule has 4 nitrogen and oxygen atoms in total. The van der Waals surface area contributed by atoms with E-state index in [0.717, 1.165) is 0 Å². The van der Waals surface area contributed by atoms with E-state index in [-0.39, 0.29) is 19.0 Å². The van der Waals surface area contributed by atoms with Gasteiger partial charge >= 0.3 is 5.97 Å². The second-order valence-corrected chi connectivity index (χ2v) is 1.81. The van der Waals surface area contributed by atoms with Crippen LogP contribution in [0.3, 0.4) is 0 Å². The Labute approximate surface area is 65.4 Å². The molecular formula is C5H12ClNO3. The summed E-state index contributed by atoms with van der Waals surface area (Å²) in [7, 11) is 0. The van der Waals surface area contributed by atoms with E-state index in [1.807, 2.05) is 0 Å². The molecule has 0 aromatic heterocycles. The Morgan fingerprint density at radius 2 is 2.10 bits per heavy atom. The number of halogens is 1. The third kappa shape index (κ3) is 5.81. The van der Waals surface area contributed by atoms with Crippen LogP contribution in [-0.4, -0.2) is 28.8 Å². The lowest BCUT2D eigenvalue weighted by molar-refractivity contribution is -0.138. The average Bonchev–Trinajstić information content (AvgIpc) is 1.82. The quantitative estimate of drug-likeness (QED) is 0.535. The van der Waals surface area contributed by atoms with Gasteiger partial charge in [0.25, 0.3) is 0 Å². The maximum atomic E-state index is 10.00. The summed E-state index contributed by atoms with van der Waals surface area (Å²) < 4.78 is 0. The van der Waals surface area contributed by atoms with Crippen molar-refractivity contribution in [3.8, 4) is 0 Å². The zero-order chi connectivity index (χ0) is 7.28. The Morgan fingerprint density at radius 3 is 2.40 bits per heavy atom. The van der Waals surface area contributed by atoms with Gasteiger partial charge in [0.05, 0.1) is 0 Å². The van der Waals surface area contributed by atoms with E-state index >= 15 is 0 Å². The van der Waals surface area contributed by atoms with E-state index in [2.05, 4.69) is 0 Å². The first-order valence-corrected chi connectivity index (χ1v) is 2.77. The van der Waals surface area contributed by atoms with Crippen molar-refractivity contribution in [1.29, 1.82) is 0 Å². The lowest BCUT2D eigenvalue weighted by Gasteiger charge is -2.02. The van der Waals surface area contributed by atoms with E-state index < -0.39 is 12.0 Å². The Kier molecular flexibility index (Phi) is 8.40. The van der Waals surface area contributed by atoms with Crippen LogP contribution in [0.25, 0.3) is 0 Å². The lowest BCUT2D eigenvalue weighted by Crippen LogP contribution is -2.29. The zero-order valence-corrected chi connectivity index (χ0v) is 6.30. The van der Waals surface area contributed by atoms with Crippen LogP contribution in [0.1, 0.15) is 12.8 Å². The topological polar surface area (TPSA) is 83.5 Å². The molecular weight excluding hydrogens is 158 g/mol. The molecule has 1 atom stereocenters. The molecule has 0 aliphatic heterocycles. The molecule has 10 heavy (non-hydrogen) atoms. The zero-order valence-electron chi connectivity index (χ0n) is 5.49. The second kappa shape index (κ2) is 6.80. The molecule has 5 heteroatoms. The van der Waals surface area contributed by atoms with Crippen LogP contribution in [0, 0.1) is 0 Å². The maximum absolute atomic E-state index is 10.00. The molecule has 0 spiro atoms. The van der Waals surface area contributed by atoms with Crippen LogP contribution in [0.2, 0.25) is 0 Å². The molecule has 0 radical (unpaired) electrons. The van der Waals surface area contributed by atoms with Gasteiger partial charge in [0.1, 0.15) is 6.04 Å². The van der Waals surface area contributed by atoms with Crippen LogP contribution in [0.15, 0.2) is 0 Å². The van der Waals surface area contributed by atoms with Crippen molar-refractivity contribution >= 4 is 18.4 Å². The van der Waals surface area contributed by atoms with Crippen molar-refractivity contribution in [1.82, 2.24) is 0 Å². The molecule has 0 aliphatic rings. The van der Waals surface area contributed by atoms with Gasteiger partial charge in [-0.1, -0.05) is 0 Å². The smallest absolute Gasteiger partial charge is 0.320 e. The van der Waals surface area contributed by atoms with Gasteiger partial charge in [-0.15, -0.1) is 12.4 Å². The highest BCUT2D eigenvalue weighted by atomic mass is 35.5. The van der Waals surface area contributed by atoms with E-state index in [1.165, 1.54) is 0 Å². The number of aliphatic hydroxyl groups excluding tert-OH is 1. The number of nitrogens with two attached hydrogens (primary N) is 1. The van der Waals surface area contributed by atoms with Gasteiger partial charge in [-0.2, -0.15) is 0 Å². The third-order valence-electron chi connectivity index (χ3n) is 0.990. The minimum atomic E-state index is -1.01. The van der Waals surface area contributed by atoms with E-state index in [4.69, 9.17) is 15.9 Å². The summed E-state index contributed by atoms with van der Waals surface area (Å²) in [6.07, 6.45) is 0.791. The summed E-state index contributed by atoms with van der Waals surface area (Å²) in [6, 6.07) is -0.822. The fourth-order valence-electron chi connectivity index (χ4n) is 0.435. The Morgan fingerprint density at radius 1 is 1.60 bits per heavy atom. The van der Waals surface area contributed by atoms with Crippen LogP contribution < -0.4 is 5.73 Å². The highest BCUT2D eigenvalue weighted by Gasteiger charge is 2.08. The van der Waals surface area contributed by atoms with Gasteiger partial charge in [0, 0.05) is 6.61 Å². The predicted octanol–water partition coefficient (Wildman–Crippen LogP) is -0.407. The fourth-order valence-corrected chi connectivity index (χ4v) is 0.435. The SMILES string of the molecule is Cl.NC(CCCO)C(=O)O. The van der Waals surface area contributed by atoms with Crippen molar-refractivity contribution in [3.05, 3.63) is 0 Å². The largest absolute Gasteiger partial charge is 0.480 e. The van der Waals surface area contributed by atoms with Crippen molar-refractivity contribution < 1.29 is 15.0 Å². The number of rotatable bonds is 4. The second-order valence-electron chi connectivity index (χ2n) is 1.81. The maximum Gasteiger partial charge on any atom is 0.320 e. The molecule has 0 aromatic rings. The monoisotopic (exact) mass is 169 g/mol. The number of carboxylic acid groups (broad SMARTS) is 1. The molecule has 1 unspecified atom stereocenters. The number of aliphatic carboxylic acids is 1. The average molecular weight is 170 g/mol. The highest BCUT2D eigenvalue weighted by Crippen LogP contribution is 1.91. The first-order valence-electron chi connectivity index (χ1n) is 2.77. The Bertz CT molecular complexity index is 98.9. The number of aliphatic hydroxyl groups is 1. The van der Waals surface area contributed by atoms with E-state index in [0.29, 0.717) is 12.8 Å². The van der Waals surface area contributed by atoms with Crippen LogP contribution in [-0.2, 0) is 4.79 Å². The molecule has 0 heterocycles. The van der Waals surface area contributed by atoms with Gasteiger partial charge < -0.3 is 15.9 Å². The van der Waals surface area contributed by atoms with Crippen molar-refractivity contribution in [2.45, 2.75) is 18.9 Å². The normalized spacial score (nSPS) is 11.8. The van der Waals surface area contributed by atoms with Gasteiger partial charge in [0.2, 0.25) is 0 Å². The van der Waals surface area contributed by atoms with Gasteiger partial charge in [-0.3, -0.25) is 4.79 Å². The first kappa shape index (κ1) is 12.4. The standard InChI is InChI=1S/C5H11NO3.ClH/c6-4(5(8)9)2-1-3-7;/h4,7H,1-3,6H2,(H,8,9);1H. The summed E-state index contributed by atoms with van der Waals surface area (Å²) in [4.78, 5) is 10.00. The molecule has 62 valence electrons. The van der Waals surface area contributed by atoms with Crippen molar-refractivity contribution in [2.24, 2.45) is 5.73 Å². The summed E-state index contributed by atoms with van der Waals surface area (Å²) in [5.74, 6) is -1.01. The molecule has 0 aliphatic carbocycles. The Hall–Kier alpha value is -0.320. The molecule has 0 amide bonds. The molecule has 0 bridgehead atoms. The minimum absolute atomic E-state index is 0. The summed E-state index contributed by atoms with van der Waals surface area (Å²) in [5.41, 5.74) is 5.09. The fraction of sp³-hybridized carbons (Fsp3) is 0.800. The molecule has 0 fully saturated rings. The van der Waals surface area contributed by atoms with Crippen LogP contribution in [0.5, 0.6) is 0 Å². The lowest BCUT2D eigenvalue weighted by atomic mass is 10.2. The van der Waals surface area contributed by atoms with E-state index in [9.17, 15) is 4.79 Å². The number of carboxylic acids is 1. The molecule has 0 aromatic carbocycles. The molecule has 0 saturated heterocycles. The van der Waals surface area contributed by atoms with Gasteiger partial charge in [-0.25, -0.2) is 0 Å². The molecule has 0 rings (SSSR count). The third-order valence-corrected chi connectivity index (χ3v) is 0.990. The predicted molar refractivity (Wildman–Crippen MR) is 39.2 cm³/mol. The van der Waals surface area contributed by atoms with Crippen molar-refractivity contribution in [3.63, 3.8) is 0 Å². The van der Waals surface area contributed by atoms with Crippen molar-refractivity contribution in [2.75, 3.05) is 6.61 Å². The number of hydrogen-bond acceptors (Lipinski definition) is 3. The van der Waals surface area contributed by atoms with Gasteiger partial charge in [-0.05, 0) is 12.8 Å².